The second-order valence-electron chi connectivity index (χ2n) is 6.35. The maximum atomic E-state index is 10.6. The van der Waals surface area contributed by atoms with Gasteiger partial charge in [0.1, 0.15) is 5.75 Å². The van der Waals surface area contributed by atoms with Gasteiger partial charge in [0.05, 0.1) is 4.90 Å². The van der Waals surface area contributed by atoms with Crippen molar-refractivity contribution in [3.63, 3.8) is 0 Å². The molecule has 0 fully saturated rings. The molecule has 0 amide bonds. The van der Waals surface area contributed by atoms with Crippen molar-refractivity contribution in [2.75, 3.05) is 13.1 Å². The van der Waals surface area contributed by atoms with Gasteiger partial charge in [-0.2, -0.15) is 0 Å². The second-order valence-corrected chi connectivity index (χ2v) is 7.47. The van der Waals surface area contributed by atoms with Crippen LogP contribution in [0.3, 0.4) is 0 Å². The predicted octanol–water partition coefficient (Wildman–Crippen LogP) is 5.24. The lowest BCUT2D eigenvalue weighted by molar-refractivity contribution is 0.461. The highest BCUT2D eigenvalue weighted by Gasteiger charge is 2.22. The number of benzene rings is 3. The lowest BCUT2D eigenvalue weighted by Crippen LogP contribution is -2.20. The van der Waals surface area contributed by atoms with Crippen LogP contribution in [-0.2, 0) is 6.42 Å². The summed E-state index contributed by atoms with van der Waals surface area (Å²) in [7, 11) is 0. The zero-order valence-electron chi connectivity index (χ0n) is 14.4. The molecule has 1 heterocycles. The van der Waals surface area contributed by atoms with Gasteiger partial charge in [0.2, 0.25) is 0 Å². The van der Waals surface area contributed by atoms with Gasteiger partial charge in [-0.1, -0.05) is 60.3 Å². The van der Waals surface area contributed by atoms with E-state index in [1.54, 1.807) is 11.8 Å². The number of hydrogen-bond acceptors (Lipinski definition) is 3. The Labute approximate surface area is 165 Å². The Morgan fingerprint density at radius 1 is 0.923 bits per heavy atom. The third-order valence-corrected chi connectivity index (χ3v) is 5.74. The van der Waals surface area contributed by atoms with Gasteiger partial charge >= 0.3 is 0 Å². The third-order valence-electron chi connectivity index (χ3n) is 4.69. The molecule has 0 spiro atoms. The monoisotopic (exact) mass is 383 g/mol. The topological polar surface area (TPSA) is 32.3 Å². The van der Waals surface area contributed by atoms with E-state index in [4.69, 9.17) is 0 Å². The van der Waals surface area contributed by atoms with Gasteiger partial charge in [0, 0.05) is 17.4 Å². The van der Waals surface area contributed by atoms with Crippen LogP contribution in [0.4, 0.5) is 0 Å². The molecule has 3 aromatic carbocycles. The predicted molar refractivity (Wildman–Crippen MR) is 111 cm³/mol. The van der Waals surface area contributed by atoms with Gasteiger partial charge in [-0.05, 0) is 53.9 Å². The molecule has 1 unspecified atom stereocenters. The van der Waals surface area contributed by atoms with Crippen molar-refractivity contribution in [1.82, 2.24) is 5.32 Å². The first kappa shape index (κ1) is 18.8. The SMILES string of the molecule is Cl.Oc1cc2c(cc1Sc1ccccc1)CCNCC2c1ccccc1. The van der Waals surface area contributed by atoms with Crippen LogP contribution in [0, 0.1) is 0 Å². The van der Waals surface area contributed by atoms with Crippen LogP contribution in [-0.4, -0.2) is 18.2 Å². The van der Waals surface area contributed by atoms with Crippen LogP contribution in [0.2, 0.25) is 0 Å². The number of nitrogens with one attached hydrogen (secondary N) is 1. The first-order valence-electron chi connectivity index (χ1n) is 8.65. The number of fused-ring (bicyclic) bond motifs is 1. The van der Waals surface area contributed by atoms with Crippen molar-refractivity contribution < 1.29 is 5.11 Å². The highest BCUT2D eigenvalue weighted by atomic mass is 35.5. The molecule has 1 atom stereocenters. The molecule has 2 nitrogen and oxygen atoms in total. The summed E-state index contributed by atoms with van der Waals surface area (Å²) in [5, 5.41) is 14.2. The molecule has 0 aliphatic carbocycles. The fraction of sp³-hybridized carbons (Fsp3) is 0.182. The molecule has 134 valence electrons. The summed E-state index contributed by atoms with van der Waals surface area (Å²) < 4.78 is 0. The van der Waals surface area contributed by atoms with E-state index in [0.717, 1.165) is 29.3 Å². The normalized spacial score (nSPS) is 16.2. The van der Waals surface area contributed by atoms with E-state index in [1.165, 1.54) is 16.7 Å². The number of aromatic hydroxyl groups is 1. The number of halogens is 1. The minimum atomic E-state index is 0. The second kappa shape index (κ2) is 8.63. The molecule has 26 heavy (non-hydrogen) atoms. The third kappa shape index (κ3) is 4.07. The summed E-state index contributed by atoms with van der Waals surface area (Å²) in [6.45, 7) is 1.87. The average molecular weight is 384 g/mol. The van der Waals surface area contributed by atoms with Gasteiger partial charge in [-0.15, -0.1) is 12.4 Å². The number of hydrogen-bond donors (Lipinski definition) is 2. The van der Waals surface area contributed by atoms with E-state index in [-0.39, 0.29) is 18.3 Å². The summed E-state index contributed by atoms with van der Waals surface area (Å²) in [5.41, 5.74) is 3.86. The Morgan fingerprint density at radius 3 is 2.35 bits per heavy atom. The minimum Gasteiger partial charge on any atom is -0.507 e. The van der Waals surface area contributed by atoms with Crippen molar-refractivity contribution in [3.05, 3.63) is 89.5 Å². The van der Waals surface area contributed by atoms with Crippen LogP contribution in [0.1, 0.15) is 22.6 Å². The lowest BCUT2D eigenvalue weighted by Gasteiger charge is -2.19. The van der Waals surface area contributed by atoms with Crippen LogP contribution in [0.15, 0.2) is 82.6 Å². The smallest absolute Gasteiger partial charge is 0.129 e. The first-order valence-corrected chi connectivity index (χ1v) is 9.47. The molecule has 0 saturated heterocycles. The van der Waals surface area contributed by atoms with E-state index in [9.17, 15) is 5.11 Å². The van der Waals surface area contributed by atoms with Crippen molar-refractivity contribution in [3.8, 4) is 5.75 Å². The maximum Gasteiger partial charge on any atom is 0.129 e. The van der Waals surface area contributed by atoms with Crippen molar-refractivity contribution in [1.29, 1.82) is 0 Å². The van der Waals surface area contributed by atoms with Crippen molar-refractivity contribution >= 4 is 24.2 Å². The standard InChI is InChI=1S/C22H21NOS.ClH/c24-21-14-19-17(13-22(21)25-18-9-5-2-6-10-18)11-12-23-15-20(19)16-7-3-1-4-8-16;/h1-10,13-14,20,23-24H,11-12,15H2;1H. The molecular formula is C22H22ClNOS. The Morgan fingerprint density at radius 2 is 1.62 bits per heavy atom. The van der Waals surface area contributed by atoms with Gasteiger partial charge < -0.3 is 10.4 Å². The molecule has 1 aliphatic rings. The van der Waals surface area contributed by atoms with Crippen molar-refractivity contribution in [2.24, 2.45) is 0 Å². The van der Waals surface area contributed by atoms with E-state index < -0.39 is 0 Å². The van der Waals surface area contributed by atoms with Gasteiger partial charge in [0.25, 0.3) is 0 Å². The molecule has 4 rings (SSSR count). The zero-order valence-corrected chi connectivity index (χ0v) is 16.0. The Kier molecular flexibility index (Phi) is 6.25. The number of rotatable bonds is 3. The molecule has 0 saturated carbocycles. The van der Waals surface area contributed by atoms with Crippen LogP contribution in [0.5, 0.6) is 5.75 Å². The van der Waals surface area contributed by atoms with Crippen LogP contribution < -0.4 is 5.32 Å². The van der Waals surface area contributed by atoms with Crippen molar-refractivity contribution in [2.45, 2.75) is 22.1 Å². The number of phenolic OH excluding ortho intramolecular Hbond substituents is 1. The fourth-order valence-corrected chi connectivity index (χ4v) is 4.34. The summed E-state index contributed by atoms with van der Waals surface area (Å²) in [4.78, 5) is 2.07. The van der Waals surface area contributed by atoms with E-state index in [0.29, 0.717) is 5.75 Å². The number of phenols is 1. The summed E-state index contributed by atoms with van der Waals surface area (Å²) in [5.74, 6) is 0.649. The lowest BCUT2D eigenvalue weighted by atomic mass is 9.88. The minimum absolute atomic E-state index is 0. The Balaban J connectivity index is 0.00000196. The highest BCUT2D eigenvalue weighted by molar-refractivity contribution is 7.99. The largest absolute Gasteiger partial charge is 0.507 e. The molecule has 3 aromatic rings. The Hall–Kier alpha value is -1.94. The first-order chi connectivity index (χ1) is 12.3. The molecule has 2 N–H and O–H groups in total. The molecule has 4 heteroatoms. The van der Waals surface area contributed by atoms with E-state index in [1.807, 2.05) is 30.3 Å². The van der Waals surface area contributed by atoms with Gasteiger partial charge in [-0.3, -0.25) is 0 Å². The Bertz CT molecular complexity index is 855. The maximum absolute atomic E-state index is 10.6. The summed E-state index contributed by atoms with van der Waals surface area (Å²) in [6, 6.07) is 24.9. The van der Waals surface area contributed by atoms with Gasteiger partial charge in [-0.25, -0.2) is 0 Å². The van der Waals surface area contributed by atoms with Gasteiger partial charge in [0.15, 0.2) is 0 Å². The van der Waals surface area contributed by atoms with E-state index in [2.05, 4.69) is 47.8 Å². The average Bonchev–Trinajstić information content (AvgIpc) is 2.86. The molecule has 0 aromatic heterocycles. The molecule has 1 aliphatic heterocycles. The fourth-order valence-electron chi connectivity index (χ4n) is 3.43. The molecular weight excluding hydrogens is 362 g/mol. The zero-order chi connectivity index (χ0) is 17.1. The molecule has 0 bridgehead atoms. The van der Waals surface area contributed by atoms with Crippen LogP contribution >= 0.6 is 24.2 Å². The summed E-state index contributed by atoms with van der Waals surface area (Å²) >= 11 is 1.62. The van der Waals surface area contributed by atoms with Crippen LogP contribution in [0.25, 0.3) is 0 Å². The highest BCUT2D eigenvalue weighted by Crippen LogP contribution is 2.39. The quantitative estimate of drug-likeness (QED) is 0.648. The summed E-state index contributed by atoms with van der Waals surface area (Å²) in [6.07, 6.45) is 0.987. The molecule has 0 radical (unpaired) electrons. The van der Waals surface area contributed by atoms with E-state index >= 15 is 0 Å².